The Bertz CT molecular complexity index is 1130. The number of hydrogen-bond acceptors (Lipinski definition) is 2. The summed E-state index contributed by atoms with van der Waals surface area (Å²) in [5.41, 5.74) is 0.518. The standard InChI is InChI=1S/C22H14ClF3N2O2/c23-13-6-9-15-18(10-13)27-19(29)11-28(21(15)12-4-7-14(24)8-5-12)22(30)20-16(25)2-1-3-17(20)26/h1-10,21H,11H2,(H,27,29). The van der Waals surface area contributed by atoms with Crippen LogP contribution in [-0.4, -0.2) is 23.3 Å². The summed E-state index contributed by atoms with van der Waals surface area (Å²) in [7, 11) is 0. The Labute approximate surface area is 174 Å². The molecule has 3 aromatic rings. The number of nitrogens with one attached hydrogen (secondary N) is 1. The van der Waals surface area contributed by atoms with Crippen molar-refractivity contribution in [2.75, 3.05) is 11.9 Å². The highest BCUT2D eigenvalue weighted by Gasteiger charge is 2.36. The highest BCUT2D eigenvalue weighted by Crippen LogP contribution is 2.38. The van der Waals surface area contributed by atoms with Crippen LogP contribution in [0.3, 0.4) is 0 Å². The molecule has 4 nitrogen and oxygen atoms in total. The lowest BCUT2D eigenvalue weighted by atomic mass is 9.95. The van der Waals surface area contributed by atoms with Gasteiger partial charge in [0.1, 0.15) is 29.6 Å². The molecule has 0 aliphatic carbocycles. The van der Waals surface area contributed by atoms with E-state index in [1.54, 1.807) is 12.1 Å². The van der Waals surface area contributed by atoms with Crippen molar-refractivity contribution < 1.29 is 22.8 Å². The molecule has 3 aromatic carbocycles. The lowest BCUT2D eigenvalue weighted by Gasteiger charge is -2.31. The van der Waals surface area contributed by atoms with Crippen LogP contribution in [0.15, 0.2) is 60.7 Å². The van der Waals surface area contributed by atoms with Crippen molar-refractivity contribution in [2.45, 2.75) is 6.04 Å². The first kappa shape index (κ1) is 20.0. The smallest absolute Gasteiger partial charge is 0.261 e. The molecule has 4 rings (SSSR count). The Morgan fingerprint density at radius 3 is 2.33 bits per heavy atom. The number of carbonyl (C=O) groups excluding carboxylic acids is 2. The molecule has 8 heteroatoms. The van der Waals surface area contributed by atoms with E-state index >= 15 is 0 Å². The second-order valence-corrected chi connectivity index (χ2v) is 7.20. The number of nitrogens with zero attached hydrogens (tertiary/aromatic N) is 1. The van der Waals surface area contributed by atoms with E-state index in [-0.39, 0.29) is 0 Å². The SMILES string of the molecule is O=C1CN(C(=O)c2c(F)cccc2F)C(c2ccc(F)cc2)c2ccc(Cl)cc2N1. The number of halogens is 4. The van der Waals surface area contributed by atoms with E-state index in [9.17, 15) is 22.8 Å². The number of hydrogen-bond donors (Lipinski definition) is 1. The molecule has 1 N–H and O–H groups in total. The third-order valence-corrected chi connectivity index (χ3v) is 5.07. The molecule has 2 amide bonds. The fourth-order valence-electron chi connectivity index (χ4n) is 3.52. The summed E-state index contributed by atoms with van der Waals surface area (Å²) in [4.78, 5) is 26.8. The predicted molar refractivity (Wildman–Crippen MR) is 106 cm³/mol. The molecule has 30 heavy (non-hydrogen) atoms. The zero-order valence-electron chi connectivity index (χ0n) is 15.3. The maximum atomic E-state index is 14.3. The van der Waals surface area contributed by atoms with Gasteiger partial charge < -0.3 is 10.2 Å². The van der Waals surface area contributed by atoms with E-state index in [0.29, 0.717) is 21.8 Å². The van der Waals surface area contributed by atoms with Crippen molar-refractivity contribution >= 4 is 29.1 Å². The zero-order valence-corrected chi connectivity index (χ0v) is 16.1. The quantitative estimate of drug-likeness (QED) is 0.626. The van der Waals surface area contributed by atoms with Crippen LogP contribution in [0.25, 0.3) is 0 Å². The molecule has 152 valence electrons. The number of rotatable bonds is 2. The van der Waals surface area contributed by atoms with Gasteiger partial charge >= 0.3 is 0 Å². The van der Waals surface area contributed by atoms with Gasteiger partial charge in [-0.15, -0.1) is 0 Å². The number of carbonyl (C=O) groups is 2. The summed E-state index contributed by atoms with van der Waals surface area (Å²) >= 11 is 6.05. The molecule has 0 spiro atoms. The first-order valence-corrected chi connectivity index (χ1v) is 9.32. The molecule has 0 aromatic heterocycles. The molecule has 1 heterocycles. The summed E-state index contributed by atoms with van der Waals surface area (Å²) in [6.45, 7) is -0.471. The summed E-state index contributed by atoms with van der Waals surface area (Å²) in [6, 6.07) is 12.2. The summed E-state index contributed by atoms with van der Waals surface area (Å²) in [6.07, 6.45) is 0. The van der Waals surface area contributed by atoms with E-state index in [4.69, 9.17) is 11.6 Å². The minimum absolute atomic E-state index is 0.353. The second kappa shape index (κ2) is 7.84. The number of amides is 2. The molecular weight excluding hydrogens is 417 g/mol. The molecule has 0 bridgehead atoms. The van der Waals surface area contributed by atoms with E-state index in [2.05, 4.69) is 5.32 Å². The summed E-state index contributed by atoms with van der Waals surface area (Å²) in [5, 5.41) is 3.01. The van der Waals surface area contributed by atoms with Gasteiger partial charge in [-0.1, -0.05) is 35.9 Å². The predicted octanol–water partition coefficient (Wildman–Crippen LogP) is 4.94. The third-order valence-electron chi connectivity index (χ3n) is 4.83. The second-order valence-electron chi connectivity index (χ2n) is 6.76. The molecule has 1 aliphatic heterocycles. The topological polar surface area (TPSA) is 49.4 Å². The van der Waals surface area contributed by atoms with Crippen LogP contribution in [0.1, 0.15) is 27.5 Å². The number of fused-ring (bicyclic) bond motifs is 1. The van der Waals surface area contributed by atoms with Crippen LogP contribution in [0.5, 0.6) is 0 Å². The van der Waals surface area contributed by atoms with Crippen molar-refractivity contribution in [3.63, 3.8) is 0 Å². The van der Waals surface area contributed by atoms with Crippen LogP contribution in [-0.2, 0) is 4.79 Å². The largest absolute Gasteiger partial charge is 0.324 e. The van der Waals surface area contributed by atoms with Gasteiger partial charge in [-0.3, -0.25) is 9.59 Å². The average Bonchev–Trinajstić information content (AvgIpc) is 2.83. The van der Waals surface area contributed by atoms with E-state index in [0.717, 1.165) is 23.1 Å². The Kier molecular flexibility index (Phi) is 5.22. The van der Waals surface area contributed by atoms with Crippen molar-refractivity contribution in [3.8, 4) is 0 Å². The number of benzene rings is 3. The van der Waals surface area contributed by atoms with Crippen molar-refractivity contribution in [1.29, 1.82) is 0 Å². The van der Waals surface area contributed by atoms with Crippen molar-refractivity contribution in [2.24, 2.45) is 0 Å². The Morgan fingerprint density at radius 2 is 1.67 bits per heavy atom. The maximum absolute atomic E-state index is 14.3. The summed E-state index contributed by atoms with van der Waals surface area (Å²) in [5.74, 6) is -4.14. The highest BCUT2D eigenvalue weighted by molar-refractivity contribution is 6.31. The van der Waals surface area contributed by atoms with Gasteiger partial charge in [0.2, 0.25) is 5.91 Å². The number of anilines is 1. The first-order valence-electron chi connectivity index (χ1n) is 8.95. The van der Waals surface area contributed by atoms with Crippen LogP contribution >= 0.6 is 11.6 Å². The monoisotopic (exact) mass is 430 g/mol. The fourth-order valence-corrected chi connectivity index (χ4v) is 3.69. The minimum Gasteiger partial charge on any atom is -0.324 e. The van der Waals surface area contributed by atoms with Crippen LogP contribution in [0.2, 0.25) is 5.02 Å². The fraction of sp³-hybridized carbons (Fsp3) is 0.0909. The molecule has 0 radical (unpaired) electrons. The Morgan fingerprint density at radius 1 is 1.00 bits per heavy atom. The van der Waals surface area contributed by atoms with Gasteiger partial charge in [0.05, 0.1) is 6.04 Å². The van der Waals surface area contributed by atoms with Crippen molar-refractivity contribution in [1.82, 2.24) is 4.90 Å². The highest BCUT2D eigenvalue weighted by atomic mass is 35.5. The maximum Gasteiger partial charge on any atom is 0.261 e. The van der Waals surface area contributed by atoms with Crippen LogP contribution < -0.4 is 5.32 Å². The van der Waals surface area contributed by atoms with Crippen LogP contribution in [0, 0.1) is 17.5 Å². The molecule has 1 aliphatic rings. The zero-order chi connectivity index (χ0) is 21.4. The van der Waals surface area contributed by atoms with Crippen molar-refractivity contribution in [3.05, 3.63) is 99.8 Å². The Hall–Kier alpha value is -3.32. The van der Waals surface area contributed by atoms with Gasteiger partial charge in [0.25, 0.3) is 5.91 Å². The lowest BCUT2D eigenvalue weighted by Crippen LogP contribution is -2.39. The molecule has 0 saturated heterocycles. The third kappa shape index (κ3) is 3.64. The lowest BCUT2D eigenvalue weighted by molar-refractivity contribution is -0.117. The minimum atomic E-state index is -1.04. The Balaban J connectivity index is 1.92. The van der Waals surface area contributed by atoms with Gasteiger partial charge in [0.15, 0.2) is 0 Å². The normalized spacial score (nSPS) is 15.9. The van der Waals surface area contributed by atoms with Crippen LogP contribution in [0.4, 0.5) is 18.9 Å². The summed E-state index contributed by atoms with van der Waals surface area (Å²) < 4.78 is 42.2. The van der Waals surface area contributed by atoms with E-state index in [1.807, 2.05) is 0 Å². The molecule has 0 fully saturated rings. The molecular formula is C22H14ClF3N2O2. The molecule has 1 atom stereocenters. The first-order chi connectivity index (χ1) is 14.3. The van der Waals surface area contributed by atoms with Gasteiger partial charge in [-0.2, -0.15) is 0 Å². The molecule has 1 unspecified atom stereocenters. The average molecular weight is 431 g/mol. The van der Waals surface area contributed by atoms with Gasteiger partial charge in [0, 0.05) is 16.3 Å². The van der Waals surface area contributed by atoms with Gasteiger partial charge in [-0.05, 0) is 42.0 Å². The molecule has 0 saturated carbocycles. The van der Waals surface area contributed by atoms with E-state index in [1.165, 1.54) is 30.3 Å². The van der Waals surface area contributed by atoms with E-state index < -0.39 is 47.4 Å². The van der Waals surface area contributed by atoms with Gasteiger partial charge in [-0.25, -0.2) is 13.2 Å².